The Balaban J connectivity index is 2.69. The molecule has 2 heterocycles. The van der Waals surface area contributed by atoms with Gasteiger partial charge >= 0.3 is 0 Å². The summed E-state index contributed by atoms with van der Waals surface area (Å²) < 4.78 is 1.85. The number of alkyl halides is 1. The van der Waals surface area contributed by atoms with Gasteiger partial charge in [0.15, 0.2) is 5.65 Å². The summed E-state index contributed by atoms with van der Waals surface area (Å²) in [5, 5.41) is 0. The summed E-state index contributed by atoms with van der Waals surface area (Å²) in [6, 6.07) is 3.74. The molecule has 0 bridgehead atoms. The first-order chi connectivity index (χ1) is 6.86. The fourth-order valence-electron chi connectivity index (χ4n) is 1.36. The molecule has 0 saturated carbocycles. The number of rotatable bonds is 2. The minimum atomic E-state index is 0.345. The van der Waals surface area contributed by atoms with Crippen molar-refractivity contribution in [1.29, 1.82) is 0 Å². The molecule has 70 valence electrons. The second kappa shape index (κ2) is 3.69. The first-order valence-electron chi connectivity index (χ1n) is 4.16. The molecule has 0 amide bonds. The average molecular weight is 206 g/mol. The van der Waals surface area contributed by atoms with E-state index in [0.717, 1.165) is 17.0 Å². The number of hydrogen-bond acceptors (Lipinski definition) is 2. The first-order valence-corrected chi connectivity index (χ1v) is 4.70. The van der Waals surface area contributed by atoms with Crippen molar-refractivity contribution in [3.8, 4) is 12.3 Å². The largest absolute Gasteiger partial charge is 0.300 e. The Morgan fingerprint density at radius 2 is 2.43 bits per heavy atom. The fraction of sp³-hybridized carbons (Fsp3) is 0.200. The molecule has 0 aromatic carbocycles. The molecule has 0 aliphatic heterocycles. The van der Waals surface area contributed by atoms with Gasteiger partial charge < -0.3 is 0 Å². The zero-order valence-corrected chi connectivity index (χ0v) is 8.20. The van der Waals surface area contributed by atoms with E-state index in [9.17, 15) is 0 Å². The van der Waals surface area contributed by atoms with Crippen molar-refractivity contribution in [2.24, 2.45) is 0 Å². The van der Waals surface area contributed by atoms with Gasteiger partial charge in [0.1, 0.15) is 11.3 Å². The predicted molar refractivity (Wildman–Crippen MR) is 55.9 cm³/mol. The number of halogens is 1. The summed E-state index contributed by atoms with van der Waals surface area (Å²) in [6.45, 7) is 0.454. The van der Waals surface area contributed by atoms with Crippen LogP contribution in [0.3, 0.4) is 0 Å². The normalized spacial score (nSPS) is 10.3. The Hall–Kier alpha value is -1.53. The molecule has 2 aromatic heterocycles. The third kappa shape index (κ3) is 1.34. The average Bonchev–Trinajstić information content (AvgIpc) is 2.58. The highest BCUT2D eigenvalue weighted by Crippen LogP contribution is 2.14. The quantitative estimate of drug-likeness (QED) is 0.553. The van der Waals surface area contributed by atoms with Crippen LogP contribution in [0, 0.1) is 12.3 Å². The van der Waals surface area contributed by atoms with Crippen molar-refractivity contribution >= 4 is 22.8 Å². The van der Waals surface area contributed by atoms with Crippen molar-refractivity contribution in [2.75, 3.05) is 0 Å². The zero-order valence-electron chi connectivity index (χ0n) is 7.44. The molecule has 2 rings (SSSR count). The van der Waals surface area contributed by atoms with Gasteiger partial charge in [0.05, 0.1) is 12.4 Å². The number of hydrogen-bond donors (Lipinski definition) is 0. The van der Waals surface area contributed by atoms with E-state index in [1.807, 2.05) is 16.7 Å². The summed E-state index contributed by atoms with van der Waals surface area (Å²) in [7, 11) is 0. The van der Waals surface area contributed by atoms with E-state index < -0.39 is 0 Å². The van der Waals surface area contributed by atoms with Crippen molar-refractivity contribution in [1.82, 2.24) is 14.5 Å². The minimum absolute atomic E-state index is 0.345. The number of aromatic nitrogens is 3. The Morgan fingerprint density at radius 1 is 1.57 bits per heavy atom. The monoisotopic (exact) mass is 205 g/mol. The molecule has 0 atom stereocenters. The van der Waals surface area contributed by atoms with E-state index in [1.165, 1.54) is 0 Å². The van der Waals surface area contributed by atoms with Crippen LogP contribution in [0.5, 0.6) is 0 Å². The van der Waals surface area contributed by atoms with Crippen LogP contribution in [0.2, 0.25) is 0 Å². The first kappa shape index (κ1) is 9.04. The van der Waals surface area contributed by atoms with Crippen LogP contribution in [0.15, 0.2) is 18.3 Å². The Bertz CT molecular complexity index is 496. The Morgan fingerprint density at radius 3 is 3.14 bits per heavy atom. The van der Waals surface area contributed by atoms with Crippen LogP contribution in [0.25, 0.3) is 11.2 Å². The lowest BCUT2D eigenvalue weighted by Crippen LogP contribution is -2.01. The molecule has 0 spiro atoms. The fourth-order valence-corrected chi connectivity index (χ4v) is 1.57. The van der Waals surface area contributed by atoms with Gasteiger partial charge in [0, 0.05) is 6.20 Å². The predicted octanol–water partition coefficient (Wildman–Crippen LogP) is 1.80. The molecule has 0 aliphatic carbocycles. The molecule has 14 heavy (non-hydrogen) atoms. The molecule has 0 saturated heterocycles. The lowest BCUT2D eigenvalue weighted by molar-refractivity contribution is 0.805. The maximum Gasteiger partial charge on any atom is 0.160 e. The van der Waals surface area contributed by atoms with Gasteiger partial charge in [-0.15, -0.1) is 18.0 Å². The third-order valence-corrected chi connectivity index (χ3v) is 2.19. The molecular weight excluding hydrogens is 198 g/mol. The minimum Gasteiger partial charge on any atom is -0.300 e. The summed E-state index contributed by atoms with van der Waals surface area (Å²) >= 11 is 5.76. The van der Waals surface area contributed by atoms with Gasteiger partial charge in [-0.1, -0.05) is 5.92 Å². The summed E-state index contributed by atoms with van der Waals surface area (Å²) in [4.78, 5) is 8.54. The van der Waals surface area contributed by atoms with Crippen LogP contribution >= 0.6 is 11.6 Å². The molecular formula is C10H8ClN3. The van der Waals surface area contributed by atoms with E-state index in [4.69, 9.17) is 18.0 Å². The number of pyridine rings is 1. The molecule has 0 radical (unpaired) electrons. The Kier molecular flexibility index (Phi) is 2.38. The van der Waals surface area contributed by atoms with E-state index in [2.05, 4.69) is 15.9 Å². The van der Waals surface area contributed by atoms with Gasteiger partial charge in [-0.25, -0.2) is 9.97 Å². The molecule has 3 nitrogen and oxygen atoms in total. The second-order valence-corrected chi connectivity index (χ2v) is 3.07. The molecule has 0 unspecified atom stereocenters. The van der Waals surface area contributed by atoms with Gasteiger partial charge in [0.25, 0.3) is 0 Å². The number of terminal acetylenes is 1. The highest BCUT2D eigenvalue weighted by Gasteiger charge is 2.08. The van der Waals surface area contributed by atoms with Gasteiger partial charge in [-0.05, 0) is 12.1 Å². The summed E-state index contributed by atoms with van der Waals surface area (Å²) in [5.41, 5.74) is 1.62. The highest BCUT2D eigenvalue weighted by atomic mass is 35.5. The van der Waals surface area contributed by atoms with Crippen LogP contribution in [-0.2, 0) is 12.4 Å². The van der Waals surface area contributed by atoms with Crippen LogP contribution < -0.4 is 0 Å². The van der Waals surface area contributed by atoms with Crippen molar-refractivity contribution in [3.05, 3.63) is 24.2 Å². The van der Waals surface area contributed by atoms with Gasteiger partial charge in [-0.2, -0.15) is 0 Å². The van der Waals surface area contributed by atoms with E-state index in [1.54, 1.807) is 6.20 Å². The summed E-state index contributed by atoms with van der Waals surface area (Å²) in [5.74, 6) is 3.67. The Labute approximate surface area is 86.7 Å². The van der Waals surface area contributed by atoms with Gasteiger partial charge in [0.2, 0.25) is 0 Å². The third-order valence-electron chi connectivity index (χ3n) is 1.95. The second-order valence-electron chi connectivity index (χ2n) is 2.80. The summed E-state index contributed by atoms with van der Waals surface area (Å²) in [6.07, 6.45) is 6.98. The molecule has 2 aromatic rings. The number of fused-ring (bicyclic) bond motifs is 1. The smallest absolute Gasteiger partial charge is 0.160 e. The molecule has 0 aliphatic rings. The SMILES string of the molecule is C#CCn1c(CCl)nc2cccnc21. The maximum atomic E-state index is 5.76. The topological polar surface area (TPSA) is 30.7 Å². The van der Waals surface area contributed by atoms with Crippen molar-refractivity contribution in [3.63, 3.8) is 0 Å². The zero-order chi connectivity index (χ0) is 9.97. The number of nitrogens with zero attached hydrogens (tertiary/aromatic N) is 3. The van der Waals surface area contributed by atoms with E-state index >= 15 is 0 Å². The number of imidazole rings is 1. The lowest BCUT2D eigenvalue weighted by Gasteiger charge is -2.00. The van der Waals surface area contributed by atoms with Crippen molar-refractivity contribution < 1.29 is 0 Å². The maximum absolute atomic E-state index is 5.76. The molecule has 0 N–H and O–H groups in total. The molecule has 4 heteroatoms. The highest BCUT2D eigenvalue weighted by molar-refractivity contribution is 6.16. The molecule has 0 fully saturated rings. The van der Waals surface area contributed by atoms with E-state index in [0.29, 0.717) is 12.4 Å². The van der Waals surface area contributed by atoms with Crippen LogP contribution in [0.4, 0.5) is 0 Å². The lowest BCUT2D eigenvalue weighted by atomic mass is 10.4. The van der Waals surface area contributed by atoms with Crippen LogP contribution in [0.1, 0.15) is 5.82 Å². The van der Waals surface area contributed by atoms with Crippen LogP contribution in [-0.4, -0.2) is 14.5 Å². The standard InChI is InChI=1S/C10H8ClN3/c1-2-6-14-9(7-11)13-8-4-3-5-12-10(8)14/h1,3-5H,6-7H2. The van der Waals surface area contributed by atoms with Crippen molar-refractivity contribution in [2.45, 2.75) is 12.4 Å². The van der Waals surface area contributed by atoms with Gasteiger partial charge in [-0.3, -0.25) is 4.57 Å². The van der Waals surface area contributed by atoms with E-state index in [-0.39, 0.29) is 0 Å².